The Balaban J connectivity index is 2.39. The highest BCUT2D eigenvalue weighted by Crippen LogP contribution is 2.14. The maximum atomic E-state index is 12.0. The summed E-state index contributed by atoms with van der Waals surface area (Å²) in [5.74, 6) is -0.998. The molecule has 0 unspecified atom stereocenters. The smallest absolute Gasteiger partial charge is 0.338 e. The fraction of sp³-hybridized carbons (Fsp3) is 0.333. The van der Waals surface area contributed by atoms with E-state index in [9.17, 15) is 14.4 Å². The molecule has 7 nitrogen and oxygen atoms in total. The minimum absolute atomic E-state index is 0.148. The highest BCUT2D eigenvalue weighted by molar-refractivity contribution is 5.94. The van der Waals surface area contributed by atoms with Gasteiger partial charge in [0.15, 0.2) is 6.61 Å². The van der Waals surface area contributed by atoms with Crippen LogP contribution in [0.15, 0.2) is 23.0 Å². The number of esters is 1. The van der Waals surface area contributed by atoms with E-state index in [-0.39, 0.29) is 23.6 Å². The molecule has 0 atom stereocenters. The molecule has 0 aliphatic rings. The van der Waals surface area contributed by atoms with Crippen molar-refractivity contribution in [3.63, 3.8) is 0 Å². The van der Waals surface area contributed by atoms with E-state index in [1.54, 1.807) is 29.7 Å². The Morgan fingerprint density at radius 2 is 2.09 bits per heavy atom. The third kappa shape index (κ3) is 2.98. The van der Waals surface area contributed by atoms with Crippen LogP contribution in [0, 0.1) is 6.92 Å². The first-order valence-corrected chi connectivity index (χ1v) is 6.86. The number of hydrogen-bond acceptors (Lipinski definition) is 5. The average Bonchev–Trinajstić information content (AvgIpc) is 2.53. The molecule has 2 aromatic rings. The Kier molecular flexibility index (Phi) is 4.55. The second-order valence-electron chi connectivity index (χ2n) is 4.70. The molecule has 0 radical (unpaired) electrons. The highest BCUT2D eigenvalue weighted by Gasteiger charge is 2.13. The first-order valence-electron chi connectivity index (χ1n) is 6.86. The molecule has 0 aliphatic heterocycles. The zero-order chi connectivity index (χ0) is 16.3. The minimum atomic E-state index is -0.612. The fourth-order valence-corrected chi connectivity index (χ4v) is 2.10. The SMILES string of the molecule is CCn1c(=O)c(C)nc2cc(C(=O)OCC(=O)NC)ccc21. The molecule has 0 saturated carbocycles. The van der Waals surface area contributed by atoms with E-state index in [0.717, 1.165) is 0 Å². The molecular weight excluding hydrogens is 286 g/mol. The number of aryl methyl sites for hydroxylation is 2. The highest BCUT2D eigenvalue weighted by atomic mass is 16.5. The van der Waals surface area contributed by atoms with Gasteiger partial charge < -0.3 is 14.6 Å². The lowest BCUT2D eigenvalue weighted by atomic mass is 10.2. The van der Waals surface area contributed by atoms with Crippen LogP contribution in [-0.2, 0) is 16.1 Å². The Morgan fingerprint density at radius 3 is 2.73 bits per heavy atom. The summed E-state index contributed by atoms with van der Waals surface area (Å²) in [6.45, 7) is 3.67. The summed E-state index contributed by atoms with van der Waals surface area (Å²) in [4.78, 5) is 39.2. The molecule has 2 rings (SSSR count). The first-order chi connectivity index (χ1) is 10.5. The molecule has 0 bridgehead atoms. The number of rotatable bonds is 4. The molecule has 0 saturated heterocycles. The van der Waals surface area contributed by atoms with E-state index in [1.807, 2.05) is 6.92 Å². The van der Waals surface area contributed by atoms with E-state index in [4.69, 9.17) is 4.74 Å². The van der Waals surface area contributed by atoms with Crippen molar-refractivity contribution in [1.82, 2.24) is 14.9 Å². The lowest BCUT2D eigenvalue weighted by Crippen LogP contribution is -2.25. The molecule has 22 heavy (non-hydrogen) atoms. The molecule has 1 aromatic heterocycles. The van der Waals surface area contributed by atoms with Gasteiger partial charge in [-0.25, -0.2) is 9.78 Å². The van der Waals surface area contributed by atoms with E-state index in [1.165, 1.54) is 7.05 Å². The van der Waals surface area contributed by atoms with Crippen LogP contribution in [0.1, 0.15) is 23.0 Å². The molecule has 0 spiro atoms. The van der Waals surface area contributed by atoms with Crippen LogP contribution >= 0.6 is 0 Å². The molecule has 1 heterocycles. The van der Waals surface area contributed by atoms with Crippen molar-refractivity contribution < 1.29 is 14.3 Å². The number of amides is 1. The van der Waals surface area contributed by atoms with Crippen molar-refractivity contribution in [2.24, 2.45) is 0 Å². The van der Waals surface area contributed by atoms with Gasteiger partial charge in [0.1, 0.15) is 5.69 Å². The van der Waals surface area contributed by atoms with E-state index >= 15 is 0 Å². The summed E-state index contributed by atoms with van der Waals surface area (Å²) >= 11 is 0. The molecule has 7 heteroatoms. The van der Waals surface area contributed by atoms with Crippen molar-refractivity contribution in [1.29, 1.82) is 0 Å². The number of carbonyl (C=O) groups excluding carboxylic acids is 2. The van der Waals surface area contributed by atoms with Gasteiger partial charge in [0.05, 0.1) is 16.6 Å². The summed E-state index contributed by atoms with van der Waals surface area (Å²) < 4.78 is 6.49. The summed E-state index contributed by atoms with van der Waals surface area (Å²) in [6.07, 6.45) is 0. The number of aromatic nitrogens is 2. The van der Waals surface area contributed by atoms with Crippen LogP contribution in [0.3, 0.4) is 0 Å². The number of nitrogens with one attached hydrogen (secondary N) is 1. The van der Waals surface area contributed by atoms with Crippen LogP contribution < -0.4 is 10.9 Å². The molecular formula is C15H17N3O4. The Bertz CT molecular complexity index is 795. The molecule has 1 N–H and O–H groups in total. The maximum absolute atomic E-state index is 12.0. The van der Waals surface area contributed by atoms with Crippen molar-refractivity contribution in [2.45, 2.75) is 20.4 Å². The Labute approximate surface area is 126 Å². The second kappa shape index (κ2) is 6.38. The third-order valence-electron chi connectivity index (χ3n) is 3.27. The fourth-order valence-electron chi connectivity index (χ4n) is 2.10. The number of benzene rings is 1. The first kappa shape index (κ1) is 15.7. The van der Waals surface area contributed by atoms with E-state index < -0.39 is 5.97 Å². The van der Waals surface area contributed by atoms with Gasteiger partial charge in [-0.1, -0.05) is 0 Å². The minimum Gasteiger partial charge on any atom is -0.452 e. The van der Waals surface area contributed by atoms with Crippen LogP contribution in [-0.4, -0.2) is 35.1 Å². The second-order valence-corrected chi connectivity index (χ2v) is 4.70. The number of ether oxygens (including phenoxy) is 1. The number of likely N-dealkylation sites (N-methyl/N-ethyl adjacent to an activating group) is 1. The predicted molar refractivity (Wildman–Crippen MR) is 80.8 cm³/mol. The van der Waals surface area contributed by atoms with Gasteiger partial charge in [0.2, 0.25) is 0 Å². The lowest BCUT2D eigenvalue weighted by molar-refractivity contribution is -0.123. The van der Waals surface area contributed by atoms with Crippen molar-refractivity contribution in [3.05, 3.63) is 39.8 Å². The zero-order valence-corrected chi connectivity index (χ0v) is 12.7. The molecule has 116 valence electrons. The topological polar surface area (TPSA) is 90.3 Å². The monoisotopic (exact) mass is 303 g/mol. The molecule has 1 aromatic carbocycles. The molecule has 1 amide bonds. The summed E-state index contributed by atoms with van der Waals surface area (Å²) in [5, 5.41) is 2.36. The molecule has 0 fully saturated rings. The quantitative estimate of drug-likeness (QED) is 0.837. The summed E-state index contributed by atoms with van der Waals surface area (Å²) in [7, 11) is 1.46. The van der Waals surface area contributed by atoms with Crippen LogP contribution in [0.2, 0.25) is 0 Å². The van der Waals surface area contributed by atoms with Crippen LogP contribution in [0.5, 0.6) is 0 Å². The standard InChI is InChI=1S/C15H17N3O4/c1-4-18-12-6-5-10(15(21)22-8-13(19)16-3)7-11(12)17-9(2)14(18)20/h5-7H,4,8H2,1-3H3,(H,16,19). The zero-order valence-electron chi connectivity index (χ0n) is 12.7. The summed E-state index contributed by atoms with van der Waals surface area (Å²) in [6, 6.07) is 4.76. The third-order valence-corrected chi connectivity index (χ3v) is 3.27. The largest absolute Gasteiger partial charge is 0.452 e. The number of fused-ring (bicyclic) bond motifs is 1. The van der Waals surface area contributed by atoms with Gasteiger partial charge in [-0.05, 0) is 32.0 Å². The number of carbonyl (C=O) groups is 2. The van der Waals surface area contributed by atoms with Gasteiger partial charge >= 0.3 is 5.97 Å². The number of hydrogen-bond donors (Lipinski definition) is 1. The van der Waals surface area contributed by atoms with Crippen molar-refractivity contribution in [2.75, 3.05) is 13.7 Å². The lowest BCUT2D eigenvalue weighted by Gasteiger charge is -2.10. The van der Waals surface area contributed by atoms with Gasteiger partial charge in [0.25, 0.3) is 11.5 Å². The van der Waals surface area contributed by atoms with Crippen molar-refractivity contribution >= 4 is 22.9 Å². The number of nitrogens with zero attached hydrogens (tertiary/aromatic N) is 2. The predicted octanol–water partition coefficient (Wildman–Crippen LogP) is 0.628. The van der Waals surface area contributed by atoms with Crippen LogP contribution in [0.4, 0.5) is 0 Å². The van der Waals surface area contributed by atoms with E-state index in [0.29, 0.717) is 23.3 Å². The normalized spacial score (nSPS) is 10.5. The van der Waals surface area contributed by atoms with E-state index in [2.05, 4.69) is 10.3 Å². The summed E-state index contributed by atoms with van der Waals surface area (Å²) in [5.41, 5.74) is 1.69. The Morgan fingerprint density at radius 1 is 1.36 bits per heavy atom. The van der Waals surface area contributed by atoms with Gasteiger partial charge in [-0.2, -0.15) is 0 Å². The average molecular weight is 303 g/mol. The van der Waals surface area contributed by atoms with Gasteiger partial charge in [0, 0.05) is 13.6 Å². The van der Waals surface area contributed by atoms with Crippen LogP contribution in [0.25, 0.3) is 11.0 Å². The Hall–Kier alpha value is -2.70. The van der Waals surface area contributed by atoms with Crippen molar-refractivity contribution in [3.8, 4) is 0 Å². The van der Waals surface area contributed by atoms with Gasteiger partial charge in [-0.3, -0.25) is 9.59 Å². The molecule has 0 aliphatic carbocycles. The maximum Gasteiger partial charge on any atom is 0.338 e. The van der Waals surface area contributed by atoms with Gasteiger partial charge in [-0.15, -0.1) is 0 Å².